The number of carboxylic acids is 1. The smallest absolute Gasteiger partial charge is 0.313 e. The summed E-state index contributed by atoms with van der Waals surface area (Å²) < 4.78 is 19.1. The number of Topliss-reactive ketones (excluding diaryl/α,β-unsaturated/α-hetero) is 1. The number of halogens is 2. The first kappa shape index (κ1) is 16.3. The number of carbonyl (C=O) groups excluding carboxylic acids is 1. The number of carboxylic acid groups (broad SMARTS) is 1. The molecule has 0 radical (unpaired) electrons. The van der Waals surface area contributed by atoms with Crippen LogP contribution in [0.25, 0.3) is 0 Å². The number of carbonyl (C=O) groups is 2. The van der Waals surface area contributed by atoms with Crippen LogP contribution in [0.5, 0.6) is 0 Å². The minimum absolute atomic E-state index is 0.0888. The standard InChI is InChI=1S/C16H13FINO4/c1-7-13(16(21)22)14(8-2-3-9(17)10(18)4-8)15-11(19-7)5-23-6-12(15)20/h2-4,13-14H,5-6H2,1H3,(H,21,22). The van der Waals surface area contributed by atoms with Gasteiger partial charge in [0.15, 0.2) is 5.78 Å². The van der Waals surface area contributed by atoms with Crippen molar-refractivity contribution in [1.82, 2.24) is 0 Å². The van der Waals surface area contributed by atoms with Crippen LogP contribution in [-0.4, -0.2) is 35.8 Å². The van der Waals surface area contributed by atoms with Gasteiger partial charge in [-0.2, -0.15) is 0 Å². The Balaban J connectivity index is 2.20. The number of ether oxygens (including phenoxy) is 1. The Morgan fingerprint density at radius 2 is 2.17 bits per heavy atom. The average molecular weight is 429 g/mol. The van der Waals surface area contributed by atoms with Gasteiger partial charge in [-0.05, 0) is 47.2 Å². The second kappa shape index (κ2) is 6.12. The lowest BCUT2D eigenvalue weighted by molar-refractivity contribution is -0.139. The molecule has 1 aromatic rings. The fourth-order valence-electron chi connectivity index (χ4n) is 3.08. The summed E-state index contributed by atoms with van der Waals surface area (Å²) in [6, 6.07) is 4.41. The molecule has 0 aromatic heterocycles. The quantitative estimate of drug-likeness (QED) is 0.734. The number of aliphatic carboxylic acids is 1. The van der Waals surface area contributed by atoms with Crippen LogP contribution >= 0.6 is 22.6 Å². The lowest BCUT2D eigenvalue weighted by Gasteiger charge is -2.33. The fourth-order valence-corrected chi connectivity index (χ4v) is 3.62. The van der Waals surface area contributed by atoms with Gasteiger partial charge in [0.2, 0.25) is 0 Å². The zero-order chi connectivity index (χ0) is 16.7. The molecule has 0 amide bonds. The number of hydrogen-bond acceptors (Lipinski definition) is 4. The van der Waals surface area contributed by atoms with Crippen LogP contribution in [-0.2, 0) is 14.3 Å². The van der Waals surface area contributed by atoms with Crippen molar-refractivity contribution in [3.05, 3.63) is 44.4 Å². The van der Waals surface area contributed by atoms with E-state index in [1.165, 1.54) is 12.1 Å². The van der Waals surface area contributed by atoms with Crippen molar-refractivity contribution in [2.24, 2.45) is 10.9 Å². The molecule has 0 spiro atoms. The summed E-state index contributed by atoms with van der Waals surface area (Å²) >= 11 is 1.85. The van der Waals surface area contributed by atoms with Crippen LogP contribution in [0.4, 0.5) is 4.39 Å². The van der Waals surface area contributed by atoms with Crippen LogP contribution in [0.1, 0.15) is 18.4 Å². The molecule has 23 heavy (non-hydrogen) atoms. The first-order chi connectivity index (χ1) is 10.9. The van der Waals surface area contributed by atoms with Crippen molar-refractivity contribution >= 4 is 40.1 Å². The molecule has 2 unspecified atom stereocenters. The zero-order valence-corrected chi connectivity index (χ0v) is 14.3. The van der Waals surface area contributed by atoms with E-state index in [2.05, 4.69) is 4.99 Å². The highest BCUT2D eigenvalue weighted by atomic mass is 127. The Labute approximate surface area is 145 Å². The van der Waals surface area contributed by atoms with Crippen LogP contribution < -0.4 is 0 Å². The van der Waals surface area contributed by atoms with E-state index in [4.69, 9.17) is 4.74 Å². The first-order valence-electron chi connectivity index (χ1n) is 6.97. The van der Waals surface area contributed by atoms with E-state index < -0.39 is 17.8 Å². The van der Waals surface area contributed by atoms with Crippen molar-refractivity contribution in [3.63, 3.8) is 0 Å². The molecule has 5 nitrogen and oxygen atoms in total. The number of nitrogens with zero attached hydrogens (tertiary/aromatic N) is 1. The molecule has 1 aromatic carbocycles. The zero-order valence-electron chi connectivity index (χ0n) is 12.2. The second-order valence-electron chi connectivity index (χ2n) is 5.50. The highest BCUT2D eigenvalue weighted by molar-refractivity contribution is 14.1. The Morgan fingerprint density at radius 1 is 1.43 bits per heavy atom. The van der Waals surface area contributed by atoms with E-state index in [-0.39, 0.29) is 24.8 Å². The summed E-state index contributed by atoms with van der Waals surface area (Å²) in [4.78, 5) is 28.3. The Bertz CT molecular complexity index is 771. The minimum Gasteiger partial charge on any atom is -0.481 e. The number of ketones is 1. The summed E-state index contributed by atoms with van der Waals surface area (Å²) in [7, 11) is 0. The largest absolute Gasteiger partial charge is 0.481 e. The van der Waals surface area contributed by atoms with E-state index in [0.29, 0.717) is 26.1 Å². The number of rotatable bonds is 2. The SMILES string of the molecule is CC1=NC2=C(C(=O)COC2)C(c2ccc(F)c(I)c2)C1C(=O)O. The molecule has 0 aliphatic carbocycles. The number of aliphatic imine (C=N–C) groups is 1. The van der Waals surface area contributed by atoms with Crippen molar-refractivity contribution in [2.45, 2.75) is 12.8 Å². The van der Waals surface area contributed by atoms with Gasteiger partial charge in [0.1, 0.15) is 18.3 Å². The van der Waals surface area contributed by atoms with Gasteiger partial charge in [0.05, 0.1) is 12.3 Å². The van der Waals surface area contributed by atoms with E-state index >= 15 is 0 Å². The minimum atomic E-state index is -1.05. The van der Waals surface area contributed by atoms with Gasteiger partial charge in [-0.25, -0.2) is 4.39 Å². The maximum Gasteiger partial charge on any atom is 0.313 e. The maximum atomic E-state index is 13.6. The molecule has 3 rings (SSSR count). The summed E-state index contributed by atoms with van der Waals surface area (Å²) in [5.41, 5.74) is 1.86. The van der Waals surface area contributed by atoms with Crippen LogP contribution in [0.15, 0.2) is 34.5 Å². The molecule has 7 heteroatoms. The Morgan fingerprint density at radius 3 is 2.83 bits per heavy atom. The van der Waals surface area contributed by atoms with Gasteiger partial charge in [-0.1, -0.05) is 6.07 Å². The van der Waals surface area contributed by atoms with Crippen molar-refractivity contribution in [2.75, 3.05) is 13.2 Å². The lowest BCUT2D eigenvalue weighted by Crippen LogP contribution is -2.38. The second-order valence-corrected chi connectivity index (χ2v) is 6.66. The Hall–Kier alpha value is -1.61. The van der Waals surface area contributed by atoms with Gasteiger partial charge < -0.3 is 9.84 Å². The lowest BCUT2D eigenvalue weighted by atomic mass is 9.74. The summed E-state index contributed by atoms with van der Waals surface area (Å²) in [6.45, 7) is 1.72. The van der Waals surface area contributed by atoms with E-state index in [0.717, 1.165) is 0 Å². The predicted molar refractivity (Wildman–Crippen MR) is 88.9 cm³/mol. The van der Waals surface area contributed by atoms with Crippen LogP contribution in [0.3, 0.4) is 0 Å². The third-order valence-electron chi connectivity index (χ3n) is 4.06. The molecule has 0 saturated heterocycles. The van der Waals surface area contributed by atoms with Gasteiger partial charge in [0.25, 0.3) is 0 Å². The molecular formula is C16H13FINO4. The third kappa shape index (κ3) is 2.83. The monoisotopic (exact) mass is 429 g/mol. The predicted octanol–water partition coefficient (Wildman–Crippen LogP) is 2.54. The summed E-state index contributed by atoms with van der Waals surface area (Å²) in [6.07, 6.45) is 0. The van der Waals surface area contributed by atoms with Crippen molar-refractivity contribution in [1.29, 1.82) is 0 Å². The van der Waals surface area contributed by atoms with Crippen LogP contribution in [0, 0.1) is 15.3 Å². The molecule has 1 N–H and O–H groups in total. The van der Waals surface area contributed by atoms with Gasteiger partial charge in [0, 0.05) is 20.8 Å². The molecule has 120 valence electrons. The number of benzene rings is 1. The topological polar surface area (TPSA) is 76.0 Å². The molecule has 0 fully saturated rings. The van der Waals surface area contributed by atoms with Gasteiger partial charge in [-0.3, -0.25) is 14.6 Å². The van der Waals surface area contributed by atoms with E-state index in [9.17, 15) is 19.1 Å². The normalized spacial score (nSPS) is 24.3. The number of hydrogen-bond donors (Lipinski definition) is 1. The molecule has 2 aliphatic heterocycles. The van der Waals surface area contributed by atoms with Gasteiger partial charge in [-0.15, -0.1) is 0 Å². The molecule has 0 bridgehead atoms. The third-order valence-corrected chi connectivity index (χ3v) is 4.88. The summed E-state index contributed by atoms with van der Waals surface area (Å²) in [5, 5.41) is 9.62. The van der Waals surface area contributed by atoms with E-state index in [1.807, 2.05) is 22.6 Å². The highest BCUT2D eigenvalue weighted by Gasteiger charge is 2.42. The molecular weight excluding hydrogens is 416 g/mol. The van der Waals surface area contributed by atoms with Crippen LogP contribution in [0.2, 0.25) is 0 Å². The average Bonchev–Trinajstić information content (AvgIpc) is 2.48. The highest BCUT2D eigenvalue weighted by Crippen LogP contribution is 2.41. The van der Waals surface area contributed by atoms with Crippen molar-refractivity contribution in [3.8, 4) is 0 Å². The summed E-state index contributed by atoms with van der Waals surface area (Å²) in [5.74, 6) is -3.32. The molecule has 2 heterocycles. The van der Waals surface area contributed by atoms with E-state index in [1.54, 1.807) is 13.0 Å². The Kier molecular flexibility index (Phi) is 4.33. The molecule has 0 saturated carbocycles. The first-order valence-corrected chi connectivity index (χ1v) is 8.05. The molecule has 2 aliphatic rings. The van der Waals surface area contributed by atoms with Gasteiger partial charge >= 0.3 is 5.97 Å². The maximum absolute atomic E-state index is 13.6. The van der Waals surface area contributed by atoms with Crippen molar-refractivity contribution < 1.29 is 23.8 Å². The molecule has 2 atom stereocenters. The fraction of sp³-hybridized carbons (Fsp3) is 0.312.